The van der Waals surface area contributed by atoms with Crippen LogP contribution in [-0.4, -0.2) is 41.1 Å². The van der Waals surface area contributed by atoms with Crippen LogP contribution < -0.4 is 0 Å². The second-order valence-corrected chi connectivity index (χ2v) is 4.37. The molecule has 0 bridgehead atoms. The molecular weight excluding hydrogens is 266 g/mol. The third-order valence-corrected chi connectivity index (χ3v) is 0.742. The lowest BCUT2D eigenvalue weighted by Crippen LogP contribution is -1.79. The summed E-state index contributed by atoms with van der Waals surface area (Å²) in [6.07, 6.45) is 1.89. The molecule has 9 nitrogen and oxygen atoms in total. The van der Waals surface area contributed by atoms with Crippen LogP contribution in [0.25, 0.3) is 0 Å². The Balaban J connectivity index is -0.000000160. The van der Waals surface area contributed by atoms with Crippen molar-refractivity contribution in [2.45, 2.75) is 13.8 Å². The standard InChI is InChI=1S/C5H10O.2H3O4P/c1-3-5(2)4-6;2*1-5(2,3)4/h3,6H,4H2,1-2H3;2*(H3,1,2,3,4). The fourth-order valence-corrected chi connectivity index (χ4v) is 0.0913. The first-order chi connectivity index (χ1) is 6.81. The van der Waals surface area contributed by atoms with E-state index in [9.17, 15) is 0 Å². The van der Waals surface area contributed by atoms with Gasteiger partial charge in [0.2, 0.25) is 0 Å². The molecule has 0 aliphatic rings. The van der Waals surface area contributed by atoms with Crippen molar-refractivity contribution in [1.29, 1.82) is 0 Å². The highest BCUT2D eigenvalue weighted by atomic mass is 31.2. The van der Waals surface area contributed by atoms with Crippen molar-refractivity contribution in [3.8, 4) is 0 Å². The Morgan fingerprint density at radius 2 is 1.19 bits per heavy atom. The van der Waals surface area contributed by atoms with Crippen LogP contribution in [0, 0.1) is 0 Å². The topological polar surface area (TPSA) is 176 Å². The van der Waals surface area contributed by atoms with Gasteiger partial charge in [0.1, 0.15) is 0 Å². The molecule has 0 aliphatic carbocycles. The number of hydrogen-bond acceptors (Lipinski definition) is 3. The average Bonchev–Trinajstić information content (AvgIpc) is 1.96. The molecule has 0 saturated carbocycles. The first-order valence-electron chi connectivity index (χ1n) is 3.60. The quantitative estimate of drug-likeness (QED) is 0.237. The molecule has 0 atom stereocenters. The molecule has 11 heteroatoms. The lowest BCUT2D eigenvalue weighted by molar-refractivity contribution is 0.272. The molecule has 0 saturated heterocycles. The van der Waals surface area contributed by atoms with Crippen LogP contribution in [0.3, 0.4) is 0 Å². The van der Waals surface area contributed by atoms with Crippen molar-refractivity contribution in [3.05, 3.63) is 11.6 Å². The molecule has 0 fully saturated rings. The molecule has 0 aromatic heterocycles. The van der Waals surface area contributed by atoms with Crippen molar-refractivity contribution in [2.24, 2.45) is 0 Å². The zero-order valence-electron chi connectivity index (χ0n) is 8.63. The lowest BCUT2D eigenvalue weighted by atomic mass is 10.3. The van der Waals surface area contributed by atoms with Crippen LogP contribution in [0.15, 0.2) is 11.6 Å². The van der Waals surface area contributed by atoms with Crippen molar-refractivity contribution >= 4 is 15.6 Å². The molecule has 0 heterocycles. The summed E-state index contributed by atoms with van der Waals surface area (Å²) in [5, 5.41) is 8.27. The first-order valence-corrected chi connectivity index (χ1v) is 6.73. The Hall–Kier alpha value is -0.0800. The van der Waals surface area contributed by atoms with Crippen LogP contribution in [0.1, 0.15) is 13.8 Å². The van der Waals surface area contributed by atoms with E-state index in [-0.39, 0.29) is 6.61 Å². The first kappa shape index (κ1) is 21.2. The average molecular weight is 282 g/mol. The zero-order chi connectivity index (χ0) is 14.0. The van der Waals surface area contributed by atoms with Crippen LogP contribution in [-0.2, 0) is 9.13 Å². The fourth-order valence-electron chi connectivity index (χ4n) is 0.0913. The molecule has 0 aromatic rings. The maximum absolute atomic E-state index is 8.88. The zero-order valence-corrected chi connectivity index (χ0v) is 10.4. The van der Waals surface area contributed by atoms with E-state index in [2.05, 4.69) is 0 Å². The molecule has 0 unspecified atom stereocenters. The highest BCUT2D eigenvalue weighted by molar-refractivity contribution is 7.45. The minimum Gasteiger partial charge on any atom is -0.392 e. The molecule has 7 N–H and O–H groups in total. The SMILES string of the molecule is CC=C(C)CO.O=P(O)(O)O.O=P(O)(O)O. The third kappa shape index (κ3) is 151. The smallest absolute Gasteiger partial charge is 0.392 e. The summed E-state index contributed by atoms with van der Waals surface area (Å²) < 4.78 is 17.8. The Morgan fingerprint density at radius 1 is 1.00 bits per heavy atom. The highest BCUT2D eigenvalue weighted by Crippen LogP contribution is 2.26. The number of aliphatic hydroxyl groups is 1. The normalized spacial score (nSPS) is 11.9. The number of phosphoric acid groups is 2. The molecule has 0 spiro atoms. The summed E-state index contributed by atoms with van der Waals surface area (Å²) in [4.78, 5) is 43.1. The van der Waals surface area contributed by atoms with Gasteiger partial charge in [-0.1, -0.05) is 11.6 Å². The van der Waals surface area contributed by atoms with Gasteiger partial charge in [0.05, 0.1) is 6.61 Å². The predicted octanol–water partition coefficient (Wildman–Crippen LogP) is -0.912. The van der Waals surface area contributed by atoms with Crippen molar-refractivity contribution < 1.29 is 43.6 Å². The van der Waals surface area contributed by atoms with E-state index in [1.54, 1.807) is 0 Å². The minimum atomic E-state index is -4.64. The van der Waals surface area contributed by atoms with Crippen molar-refractivity contribution in [3.63, 3.8) is 0 Å². The number of hydrogen-bond donors (Lipinski definition) is 7. The van der Waals surface area contributed by atoms with E-state index in [1.807, 2.05) is 19.9 Å². The largest absolute Gasteiger partial charge is 0.466 e. The highest BCUT2D eigenvalue weighted by Gasteiger charge is 2.00. The molecule has 0 rings (SSSR count). The van der Waals surface area contributed by atoms with Crippen molar-refractivity contribution in [2.75, 3.05) is 6.61 Å². The van der Waals surface area contributed by atoms with E-state index in [1.165, 1.54) is 0 Å². The van der Waals surface area contributed by atoms with Gasteiger partial charge in [-0.15, -0.1) is 0 Å². The van der Waals surface area contributed by atoms with E-state index < -0.39 is 15.6 Å². The van der Waals surface area contributed by atoms with E-state index in [4.69, 9.17) is 43.6 Å². The summed E-state index contributed by atoms with van der Waals surface area (Å²) in [5.41, 5.74) is 1.02. The van der Waals surface area contributed by atoms with E-state index in [0.717, 1.165) is 5.57 Å². The van der Waals surface area contributed by atoms with Gasteiger partial charge in [0.15, 0.2) is 0 Å². The van der Waals surface area contributed by atoms with E-state index in [0.29, 0.717) is 0 Å². The molecule has 0 amide bonds. The van der Waals surface area contributed by atoms with Gasteiger partial charge in [-0.2, -0.15) is 0 Å². The summed E-state index contributed by atoms with van der Waals surface area (Å²) in [7, 11) is -9.28. The monoisotopic (exact) mass is 282 g/mol. The van der Waals surface area contributed by atoms with Crippen LogP contribution in [0.2, 0.25) is 0 Å². The van der Waals surface area contributed by atoms with Crippen LogP contribution >= 0.6 is 15.6 Å². The summed E-state index contributed by atoms with van der Waals surface area (Å²) in [5.74, 6) is 0. The summed E-state index contributed by atoms with van der Waals surface area (Å²) in [6.45, 7) is 3.99. The molecule has 100 valence electrons. The second-order valence-electron chi connectivity index (χ2n) is 2.32. The molecule has 0 aromatic carbocycles. The lowest BCUT2D eigenvalue weighted by Gasteiger charge is -1.84. The predicted molar refractivity (Wildman–Crippen MR) is 55.0 cm³/mol. The van der Waals surface area contributed by atoms with Crippen molar-refractivity contribution in [1.82, 2.24) is 0 Å². The van der Waals surface area contributed by atoms with E-state index >= 15 is 0 Å². The number of aliphatic hydroxyl groups excluding tert-OH is 1. The maximum atomic E-state index is 8.88. The molecule has 16 heavy (non-hydrogen) atoms. The van der Waals surface area contributed by atoms with Gasteiger partial charge in [0.25, 0.3) is 0 Å². The fraction of sp³-hybridized carbons (Fsp3) is 0.600. The minimum absolute atomic E-state index is 0.191. The Morgan fingerprint density at radius 3 is 1.19 bits per heavy atom. The van der Waals surface area contributed by atoms with Gasteiger partial charge in [0, 0.05) is 0 Å². The van der Waals surface area contributed by atoms with Gasteiger partial charge in [-0.3, -0.25) is 0 Å². The third-order valence-electron chi connectivity index (χ3n) is 0.742. The second kappa shape index (κ2) is 10.1. The van der Waals surface area contributed by atoms with Gasteiger partial charge < -0.3 is 34.5 Å². The number of rotatable bonds is 1. The number of allylic oxidation sites excluding steroid dienone is 1. The van der Waals surface area contributed by atoms with Gasteiger partial charge in [-0.05, 0) is 13.8 Å². The Bertz CT molecular complexity index is 237. The molecular formula is C5H16O9P2. The Labute approximate surface area is 92.2 Å². The van der Waals surface area contributed by atoms with Crippen LogP contribution in [0.4, 0.5) is 0 Å². The summed E-state index contributed by atoms with van der Waals surface area (Å²) in [6, 6.07) is 0. The molecule has 0 radical (unpaired) electrons. The maximum Gasteiger partial charge on any atom is 0.466 e. The van der Waals surface area contributed by atoms with Gasteiger partial charge in [-0.25, -0.2) is 9.13 Å². The van der Waals surface area contributed by atoms with Crippen LogP contribution in [0.5, 0.6) is 0 Å². The Kier molecular flexibility index (Phi) is 13.4. The molecule has 0 aliphatic heterocycles. The summed E-state index contributed by atoms with van der Waals surface area (Å²) >= 11 is 0. The van der Waals surface area contributed by atoms with Gasteiger partial charge >= 0.3 is 15.6 Å².